The van der Waals surface area contributed by atoms with Crippen molar-refractivity contribution in [2.75, 3.05) is 0 Å². The van der Waals surface area contributed by atoms with Gasteiger partial charge >= 0.3 is 5.69 Å². The molecule has 0 saturated heterocycles. The fourth-order valence-corrected chi connectivity index (χ4v) is 1.59. The first kappa shape index (κ1) is 11.6. The van der Waals surface area contributed by atoms with E-state index in [0.29, 0.717) is 5.82 Å². The summed E-state index contributed by atoms with van der Waals surface area (Å²) in [4.78, 5) is 22.4. The fraction of sp³-hybridized carbons (Fsp3) is 0.417. The lowest BCUT2D eigenvalue weighted by atomic mass is 9.92. The molecule has 1 N–H and O–H groups in total. The summed E-state index contributed by atoms with van der Waals surface area (Å²) >= 11 is 0. The Hall–Kier alpha value is -1.91. The van der Waals surface area contributed by atoms with Crippen LogP contribution in [0.25, 0.3) is 5.82 Å². The van der Waals surface area contributed by atoms with Crippen LogP contribution in [0.5, 0.6) is 0 Å². The second-order valence-electron chi connectivity index (χ2n) is 5.05. The van der Waals surface area contributed by atoms with Crippen molar-refractivity contribution in [1.29, 1.82) is 0 Å². The largest absolute Gasteiger partial charge is 0.347 e. The number of hydrogen-bond donors (Lipinski definition) is 1. The first-order valence-corrected chi connectivity index (χ1v) is 5.50. The Morgan fingerprint density at radius 3 is 2.59 bits per heavy atom. The number of aromatic nitrogens is 4. The third-order valence-electron chi connectivity index (χ3n) is 2.61. The average Bonchev–Trinajstić information content (AvgIpc) is 2.62. The van der Waals surface area contributed by atoms with Gasteiger partial charge in [-0.3, -0.25) is 4.57 Å². The third kappa shape index (κ3) is 2.27. The van der Waals surface area contributed by atoms with Gasteiger partial charge in [-0.15, -0.1) is 0 Å². The lowest BCUT2D eigenvalue weighted by molar-refractivity contribution is 0.562. The number of nitrogens with one attached hydrogen (secondary N) is 1. The van der Waals surface area contributed by atoms with Gasteiger partial charge in [-0.25, -0.2) is 9.78 Å². The van der Waals surface area contributed by atoms with E-state index in [9.17, 15) is 4.79 Å². The van der Waals surface area contributed by atoms with Gasteiger partial charge < -0.3 is 4.98 Å². The Labute approximate surface area is 99.6 Å². The number of H-pyrrole nitrogens is 1. The smallest absolute Gasteiger partial charge is 0.309 e. The molecule has 0 spiro atoms. The summed E-state index contributed by atoms with van der Waals surface area (Å²) in [6.07, 6.45) is 3.48. The summed E-state index contributed by atoms with van der Waals surface area (Å²) in [6.45, 7) is 8.01. The summed E-state index contributed by atoms with van der Waals surface area (Å²) in [5.74, 6) is 1.41. The number of nitrogens with zero attached hydrogens (tertiary/aromatic N) is 3. The third-order valence-corrected chi connectivity index (χ3v) is 2.61. The predicted molar refractivity (Wildman–Crippen MR) is 65.4 cm³/mol. The van der Waals surface area contributed by atoms with Crippen molar-refractivity contribution in [2.24, 2.45) is 0 Å². The van der Waals surface area contributed by atoms with E-state index < -0.39 is 0 Å². The van der Waals surface area contributed by atoms with E-state index in [-0.39, 0.29) is 11.1 Å². The zero-order valence-corrected chi connectivity index (χ0v) is 10.5. The van der Waals surface area contributed by atoms with Crippen LogP contribution in [0.2, 0.25) is 0 Å². The second-order valence-corrected chi connectivity index (χ2v) is 5.05. The standard InChI is InChI=1S/C12H16N4O/c1-8-13-5-6-16(8)10-7-9(12(2,3)4)14-11(17)15-10/h5-7H,1-4H3,(H,14,15,17). The van der Waals surface area contributed by atoms with Crippen LogP contribution in [0.15, 0.2) is 23.3 Å². The first-order valence-electron chi connectivity index (χ1n) is 5.50. The quantitative estimate of drug-likeness (QED) is 0.811. The van der Waals surface area contributed by atoms with Gasteiger partial charge in [0.1, 0.15) is 11.6 Å². The molecule has 0 radical (unpaired) electrons. The Bertz CT molecular complexity index is 589. The van der Waals surface area contributed by atoms with Crippen LogP contribution >= 0.6 is 0 Å². The molecule has 2 heterocycles. The van der Waals surface area contributed by atoms with Crippen molar-refractivity contribution in [1.82, 2.24) is 19.5 Å². The van der Waals surface area contributed by atoms with Gasteiger partial charge in [0.2, 0.25) is 0 Å². The van der Waals surface area contributed by atoms with Gasteiger partial charge in [0.05, 0.1) is 0 Å². The van der Waals surface area contributed by atoms with E-state index in [1.165, 1.54) is 0 Å². The molecule has 0 aliphatic heterocycles. The Morgan fingerprint density at radius 2 is 2.06 bits per heavy atom. The average molecular weight is 232 g/mol. The number of imidazole rings is 1. The molecule has 0 unspecified atom stereocenters. The molecule has 5 heteroatoms. The Balaban J connectivity index is 2.61. The molecule has 17 heavy (non-hydrogen) atoms. The van der Waals surface area contributed by atoms with Crippen molar-refractivity contribution < 1.29 is 0 Å². The highest BCUT2D eigenvalue weighted by Crippen LogP contribution is 2.20. The monoisotopic (exact) mass is 232 g/mol. The van der Waals surface area contributed by atoms with Crippen LogP contribution in [0.3, 0.4) is 0 Å². The highest BCUT2D eigenvalue weighted by atomic mass is 16.1. The molecule has 2 aromatic rings. The van der Waals surface area contributed by atoms with Gasteiger partial charge in [-0.05, 0) is 6.92 Å². The van der Waals surface area contributed by atoms with Crippen LogP contribution in [0.4, 0.5) is 0 Å². The zero-order chi connectivity index (χ0) is 12.6. The molecule has 0 amide bonds. The summed E-state index contributed by atoms with van der Waals surface area (Å²) in [5, 5.41) is 0. The zero-order valence-electron chi connectivity index (χ0n) is 10.5. The van der Waals surface area contributed by atoms with Crippen molar-refractivity contribution in [3.05, 3.63) is 40.5 Å². The predicted octanol–water partition coefficient (Wildman–Crippen LogP) is 1.56. The molecule has 0 bridgehead atoms. The molecule has 5 nitrogen and oxygen atoms in total. The molecular weight excluding hydrogens is 216 g/mol. The number of hydrogen-bond acceptors (Lipinski definition) is 3. The van der Waals surface area contributed by atoms with Crippen LogP contribution < -0.4 is 5.69 Å². The van der Waals surface area contributed by atoms with Crippen LogP contribution in [-0.4, -0.2) is 19.5 Å². The normalized spacial score (nSPS) is 11.8. The lowest BCUT2D eigenvalue weighted by Gasteiger charge is -2.18. The molecule has 2 aromatic heterocycles. The second kappa shape index (κ2) is 3.84. The highest BCUT2D eigenvalue weighted by Gasteiger charge is 2.17. The van der Waals surface area contributed by atoms with Crippen molar-refractivity contribution in [3.8, 4) is 5.82 Å². The van der Waals surface area contributed by atoms with Gasteiger partial charge in [-0.1, -0.05) is 20.8 Å². The van der Waals surface area contributed by atoms with E-state index in [2.05, 4.69) is 15.0 Å². The topological polar surface area (TPSA) is 63.6 Å². The summed E-state index contributed by atoms with van der Waals surface area (Å²) in [5.41, 5.74) is 0.409. The molecule has 0 saturated carbocycles. The van der Waals surface area contributed by atoms with E-state index in [4.69, 9.17) is 0 Å². The maximum atomic E-state index is 11.6. The van der Waals surface area contributed by atoms with Gasteiger partial charge in [-0.2, -0.15) is 4.98 Å². The Kier molecular flexibility index (Phi) is 2.61. The molecule has 0 aromatic carbocycles. The van der Waals surface area contributed by atoms with Crippen LogP contribution in [0.1, 0.15) is 32.3 Å². The van der Waals surface area contributed by atoms with Crippen molar-refractivity contribution in [3.63, 3.8) is 0 Å². The summed E-state index contributed by atoms with van der Waals surface area (Å²) in [7, 11) is 0. The Morgan fingerprint density at radius 1 is 1.35 bits per heavy atom. The van der Waals surface area contributed by atoms with Gasteiger partial charge in [0.25, 0.3) is 0 Å². The van der Waals surface area contributed by atoms with Crippen LogP contribution in [-0.2, 0) is 5.41 Å². The molecule has 0 aliphatic carbocycles. The minimum atomic E-state index is -0.333. The highest BCUT2D eigenvalue weighted by molar-refractivity contribution is 5.28. The maximum Gasteiger partial charge on any atom is 0.347 e. The molecule has 90 valence electrons. The first-order chi connectivity index (χ1) is 7.88. The van der Waals surface area contributed by atoms with Gasteiger partial charge in [0, 0.05) is 29.6 Å². The summed E-state index contributed by atoms with van der Waals surface area (Å²) in [6, 6.07) is 1.88. The molecule has 2 rings (SSSR count). The lowest BCUT2D eigenvalue weighted by Crippen LogP contribution is -2.23. The van der Waals surface area contributed by atoms with E-state index >= 15 is 0 Å². The van der Waals surface area contributed by atoms with Crippen LogP contribution in [0, 0.1) is 6.92 Å². The number of aryl methyl sites for hydroxylation is 1. The molecule has 0 atom stereocenters. The minimum Gasteiger partial charge on any atom is -0.309 e. The molecule has 0 fully saturated rings. The number of aromatic amines is 1. The van der Waals surface area contributed by atoms with Crippen molar-refractivity contribution in [2.45, 2.75) is 33.1 Å². The van der Waals surface area contributed by atoms with Gasteiger partial charge in [0.15, 0.2) is 0 Å². The fourth-order valence-electron chi connectivity index (χ4n) is 1.59. The summed E-state index contributed by atoms with van der Waals surface area (Å²) < 4.78 is 1.80. The van der Waals surface area contributed by atoms with E-state index in [1.807, 2.05) is 33.8 Å². The minimum absolute atomic E-state index is 0.120. The maximum absolute atomic E-state index is 11.6. The molecular formula is C12H16N4O. The van der Waals surface area contributed by atoms with E-state index in [1.54, 1.807) is 17.0 Å². The van der Waals surface area contributed by atoms with E-state index in [0.717, 1.165) is 11.5 Å². The SMILES string of the molecule is Cc1nccn1-c1cc(C(C)(C)C)[nH]c(=O)n1. The molecule has 0 aliphatic rings. The number of rotatable bonds is 1. The van der Waals surface area contributed by atoms with Crippen molar-refractivity contribution >= 4 is 0 Å².